The Labute approximate surface area is 97.2 Å². The van der Waals surface area contributed by atoms with E-state index in [0.29, 0.717) is 12.1 Å². The molecule has 0 amide bonds. The third-order valence-corrected chi connectivity index (χ3v) is 3.82. The molecule has 2 fully saturated rings. The molecule has 2 heteroatoms. The van der Waals surface area contributed by atoms with Crippen LogP contribution >= 0.6 is 0 Å². The summed E-state index contributed by atoms with van der Waals surface area (Å²) in [7, 11) is 0. The molecule has 2 nitrogen and oxygen atoms in total. The highest BCUT2D eigenvalue weighted by atomic mass is 16.5. The second-order valence-corrected chi connectivity index (χ2v) is 4.80. The van der Waals surface area contributed by atoms with Crippen LogP contribution in [-0.2, 0) is 4.74 Å². The van der Waals surface area contributed by atoms with Gasteiger partial charge in [-0.25, -0.2) is 0 Å². The summed E-state index contributed by atoms with van der Waals surface area (Å²) in [4.78, 5) is 2.62. The molecule has 1 aromatic rings. The largest absolute Gasteiger partial charge is 0.371 e. The van der Waals surface area contributed by atoms with Gasteiger partial charge in [0.05, 0.1) is 12.7 Å². The van der Waals surface area contributed by atoms with Crippen LogP contribution in [0.4, 0.5) is 0 Å². The van der Waals surface area contributed by atoms with E-state index in [2.05, 4.69) is 35.2 Å². The second-order valence-electron chi connectivity index (χ2n) is 4.80. The van der Waals surface area contributed by atoms with Gasteiger partial charge in [-0.15, -0.1) is 0 Å². The summed E-state index contributed by atoms with van der Waals surface area (Å²) in [5.41, 5.74) is 1.35. The number of fused-ring (bicyclic) bond motifs is 1. The molecule has 2 heterocycles. The maximum atomic E-state index is 5.99. The third-order valence-electron chi connectivity index (χ3n) is 3.82. The van der Waals surface area contributed by atoms with Crippen LogP contribution < -0.4 is 0 Å². The molecule has 2 saturated heterocycles. The van der Waals surface area contributed by atoms with Gasteiger partial charge in [-0.3, -0.25) is 4.90 Å². The molecule has 0 spiro atoms. The molecule has 0 N–H and O–H groups in total. The summed E-state index contributed by atoms with van der Waals surface area (Å²) < 4.78 is 5.99. The Morgan fingerprint density at radius 1 is 1.06 bits per heavy atom. The fourth-order valence-electron chi connectivity index (χ4n) is 3.01. The summed E-state index contributed by atoms with van der Waals surface area (Å²) in [6.07, 6.45) is 4.31. The van der Waals surface area contributed by atoms with Gasteiger partial charge in [0.1, 0.15) is 0 Å². The zero-order valence-electron chi connectivity index (χ0n) is 9.64. The fourth-order valence-corrected chi connectivity index (χ4v) is 3.01. The van der Waals surface area contributed by atoms with E-state index in [9.17, 15) is 0 Å². The van der Waals surface area contributed by atoms with Gasteiger partial charge in [0.15, 0.2) is 0 Å². The van der Waals surface area contributed by atoms with Crippen LogP contribution in [-0.4, -0.2) is 30.6 Å². The van der Waals surface area contributed by atoms with Crippen molar-refractivity contribution >= 4 is 0 Å². The molecule has 1 aromatic carbocycles. The summed E-state index contributed by atoms with van der Waals surface area (Å²) in [5.74, 6) is 0. The highest BCUT2D eigenvalue weighted by molar-refractivity contribution is 5.20. The van der Waals surface area contributed by atoms with Gasteiger partial charge < -0.3 is 4.74 Å². The number of ether oxygens (including phenoxy) is 1. The van der Waals surface area contributed by atoms with Crippen molar-refractivity contribution in [3.63, 3.8) is 0 Å². The molecule has 0 aliphatic carbocycles. The molecular formula is C14H19NO. The smallest absolute Gasteiger partial charge is 0.0980 e. The molecule has 0 saturated carbocycles. The standard InChI is InChI=1S/C14H19NO/c1-2-6-12(7-3-1)14-13-8-4-5-9-15(13)10-11-16-14/h1-3,6-7,13-14H,4-5,8-11H2/t13-,14+/m1/s1. The lowest BCUT2D eigenvalue weighted by Gasteiger charge is -2.44. The van der Waals surface area contributed by atoms with E-state index in [4.69, 9.17) is 4.74 Å². The van der Waals surface area contributed by atoms with Crippen molar-refractivity contribution in [3.05, 3.63) is 35.9 Å². The number of hydrogen-bond donors (Lipinski definition) is 0. The predicted octanol–water partition coefficient (Wildman–Crippen LogP) is 2.61. The summed E-state index contributed by atoms with van der Waals surface area (Å²) in [6.45, 7) is 3.27. The number of piperidine rings is 1. The average Bonchev–Trinajstić information content (AvgIpc) is 2.39. The van der Waals surface area contributed by atoms with E-state index in [1.807, 2.05) is 0 Å². The quantitative estimate of drug-likeness (QED) is 0.717. The zero-order valence-corrected chi connectivity index (χ0v) is 9.64. The SMILES string of the molecule is c1ccc([C@@H]2OCCN3CCCC[C@H]23)cc1. The number of rotatable bonds is 1. The summed E-state index contributed by atoms with van der Waals surface area (Å²) >= 11 is 0. The van der Waals surface area contributed by atoms with Gasteiger partial charge in [0.25, 0.3) is 0 Å². The van der Waals surface area contributed by atoms with E-state index in [0.717, 1.165) is 13.2 Å². The first kappa shape index (κ1) is 10.3. The van der Waals surface area contributed by atoms with Crippen LogP contribution in [0.2, 0.25) is 0 Å². The molecule has 2 aliphatic heterocycles. The number of morpholine rings is 1. The fraction of sp³-hybridized carbons (Fsp3) is 0.571. The maximum absolute atomic E-state index is 5.99. The number of benzene rings is 1. The van der Waals surface area contributed by atoms with Crippen molar-refractivity contribution in [3.8, 4) is 0 Å². The molecule has 16 heavy (non-hydrogen) atoms. The normalized spacial score (nSPS) is 31.0. The Kier molecular flexibility index (Phi) is 2.94. The lowest BCUT2D eigenvalue weighted by atomic mass is 9.92. The molecule has 0 bridgehead atoms. The maximum Gasteiger partial charge on any atom is 0.0980 e. The molecule has 2 atom stereocenters. The monoisotopic (exact) mass is 217 g/mol. The average molecular weight is 217 g/mol. The Morgan fingerprint density at radius 3 is 2.81 bits per heavy atom. The predicted molar refractivity (Wildman–Crippen MR) is 64.3 cm³/mol. The second kappa shape index (κ2) is 4.56. The summed E-state index contributed by atoms with van der Waals surface area (Å²) in [6, 6.07) is 11.3. The lowest BCUT2D eigenvalue weighted by Crippen LogP contribution is -2.49. The highest BCUT2D eigenvalue weighted by Crippen LogP contribution is 2.33. The van der Waals surface area contributed by atoms with E-state index in [-0.39, 0.29) is 0 Å². The van der Waals surface area contributed by atoms with Crippen molar-refractivity contribution in [2.24, 2.45) is 0 Å². The van der Waals surface area contributed by atoms with Crippen molar-refractivity contribution in [2.75, 3.05) is 19.7 Å². The minimum Gasteiger partial charge on any atom is -0.371 e. The van der Waals surface area contributed by atoms with Gasteiger partial charge in [-0.05, 0) is 24.9 Å². The topological polar surface area (TPSA) is 12.5 Å². The highest BCUT2D eigenvalue weighted by Gasteiger charge is 2.34. The zero-order chi connectivity index (χ0) is 10.8. The third kappa shape index (κ3) is 1.87. The molecular weight excluding hydrogens is 198 g/mol. The summed E-state index contributed by atoms with van der Waals surface area (Å²) in [5, 5.41) is 0. The molecule has 0 radical (unpaired) electrons. The van der Waals surface area contributed by atoms with Crippen LogP contribution in [0.25, 0.3) is 0 Å². The first-order chi connectivity index (χ1) is 7.95. The molecule has 0 aromatic heterocycles. The van der Waals surface area contributed by atoms with Gasteiger partial charge >= 0.3 is 0 Å². The van der Waals surface area contributed by atoms with Crippen LogP contribution in [0.15, 0.2) is 30.3 Å². The molecule has 2 aliphatic rings. The van der Waals surface area contributed by atoms with Crippen molar-refractivity contribution in [1.82, 2.24) is 4.90 Å². The van der Waals surface area contributed by atoms with Crippen LogP contribution in [0.5, 0.6) is 0 Å². The van der Waals surface area contributed by atoms with Gasteiger partial charge in [0, 0.05) is 12.6 Å². The van der Waals surface area contributed by atoms with Crippen LogP contribution in [0.1, 0.15) is 30.9 Å². The van der Waals surface area contributed by atoms with Crippen LogP contribution in [0.3, 0.4) is 0 Å². The Hall–Kier alpha value is -0.860. The van der Waals surface area contributed by atoms with Crippen LogP contribution in [0, 0.1) is 0 Å². The van der Waals surface area contributed by atoms with Gasteiger partial charge in [0.2, 0.25) is 0 Å². The Bertz CT molecular complexity index is 336. The Balaban J connectivity index is 1.83. The molecule has 86 valence electrons. The Morgan fingerprint density at radius 2 is 1.94 bits per heavy atom. The van der Waals surface area contributed by atoms with Crippen molar-refractivity contribution in [2.45, 2.75) is 31.4 Å². The van der Waals surface area contributed by atoms with Crippen molar-refractivity contribution in [1.29, 1.82) is 0 Å². The first-order valence-corrected chi connectivity index (χ1v) is 6.36. The molecule has 3 rings (SSSR count). The van der Waals surface area contributed by atoms with Gasteiger partial charge in [-0.2, -0.15) is 0 Å². The van der Waals surface area contributed by atoms with E-state index in [1.54, 1.807) is 0 Å². The molecule has 0 unspecified atom stereocenters. The van der Waals surface area contributed by atoms with E-state index < -0.39 is 0 Å². The minimum absolute atomic E-state index is 0.301. The minimum atomic E-state index is 0.301. The van der Waals surface area contributed by atoms with E-state index >= 15 is 0 Å². The number of nitrogens with zero attached hydrogens (tertiary/aromatic N) is 1. The van der Waals surface area contributed by atoms with Crippen molar-refractivity contribution < 1.29 is 4.74 Å². The number of hydrogen-bond acceptors (Lipinski definition) is 2. The van der Waals surface area contributed by atoms with Gasteiger partial charge in [-0.1, -0.05) is 36.8 Å². The lowest BCUT2D eigenvalue weighted by molar-refractivity contribution is -0.0857. The first-order valence-electron chi connectivity index (χ1n) is 6.36. The van der Waals surface area contributed by atoms with E-state index in [1.165, 1.54) is 31.4 Å².